The first kappa shape index (κ1) is 8.76. The number of nitrogens with zero attached hydrogens (tertiary/aromatic N) is 5. The second-order valence-electron chi connectivity index (χ2n) is 2.83. The van der Waals surface area contributed by atoms with Crippen LogP contribution in [-0.4, -0.2) is 24.7 Å². The second kappa shape index (κ2) is 3.51. The molecule has 2 heterocycles. The lowest BCUT2D eigenvalue weighted by molar-refractivity contribution is 0.801. The topological polar surface area (TPSA) is 82.5 Å². The van der Waals surface area contributed by atoms with Gasteiger partial charge in [0.1, 0.15) is 12.7 Å². The summed E-state index contributed by atoms with van der Waals surface area (Å²) in [7, 11) is 0. The van der Waals surface area contributed by atoms with Crippen molar-refractivity contribution in [1.29, 1.82) is 0 Å². The van der Waals surface area contributed by atoms with E-state index in [1.165, 1.54) is 6.33 Å². The van der Waals surface area contributed by atoms with Crippen molar-refractivity contribution < 1.29 is 0 Å². The Morgan fingerprint density at radius 1 is 1.36 bits per heavy atom. The number of hydrogen-bond acceptors (Lipinski definition) is 5. The molecular weight excluding hydrogens is 180 g/mol. The van der Waals surface area contributed by atoms with Crippen LogP contribution in [0.2, 0.25) is 0 Å². The van der Waals surface area contributed by atoms with E-state index in [-0.39, 0.29) is 0 Å². The summed E-state index contributed by atoms with van der Waals surface area (Å²) in [5, 5.41) is 4.13. The minimum absolute atomic E-state index is 0.330. The molecule has 0 amide bonds. The summed E-state index contributed by atoms with van der Waals surface area (Å²) in [6.07, 6.45) is 3.08. The average molecular weight is 190 g/mol. The van der Waals surface area contributed by atoms with Crippen LogP contribution in [0.5, 0.6) is 0 Å². The predicted molar refractivity (Wildman–Crippen MR) is 49.6 cm³/mol. The molecule has 0 saturated heterocycles. The maximum atomic E-state index is 5.40. The van der Waals surface area contributed by atoms with Gasteiger partial charge in [-0.3, -0.25) is 0 Å². The van der Waals surface area contributed by atoms with E-state index in [1.54, 1.807) is 11.0 Å². The van der Waals surface area contributed by atoms with Crippen molar-refractivity contribution in [3.05, 3.63) is 30.2 Å². The molecule has 0 radical (unpaired) electrons. The van der Waals surface area contributed by atoms with E-state index in [9.17, 15) is 0 Å². The van der Waals surface area contributed by atoms with Crippen molar-refractivity contribution in [2.75, 3.05) is 0 Å². The fourth-order valence-corrected chi connectivity index (χ4v) is 1.07. The molecule has 0 aliphatic heterocycles. The number of hydrogen-bond donors (Lipinski definition) is 1. The average Bonchev–Trinajstić information content (AvgIpc) is 2.66. The Kier molecular flexibility index (Phi) is 2.19. The Morgan fingerprint density at radius 3 is 2.86 bits per heavy atom. The normalized spacial score (nSPS) is 10.4. The first-order chi connectivity index (χ1) is 6.79. The molecule has 2 rings (SSSR count). The molecule has 2 aromatic heterocycles. The van der Waals surface area contributed by atoms with Gasteiger partial charge in [0.05, 0.1) is 6.54 Å². The third-order valence-electron chi connectivity index (χ3n) is 1.75. The number of aromatic nitrogens is 5. The molecule has 0 unspecified atom stereocenters. The van der Waals surface area contributed by atoms with E-state index in [0.717, 1.165) is 5.69 Å². The zero-order chi connectivity index (χ0) is 9.97. The van der Waals surface area contributed by atoms with Crippen LogP contribution in [0.3, 0.4) is 0 Å². The van der Waals surface area contributed by atoms with E-state index in [0.29, 0.717) is 18.2 Å². The van der Waals surface area contributed by atoms with Crippen molar-refractivity contribution in [3.63, 3.8) is 0 Å². The van der Waals surface area contributed by atoms with Crippen LogP contribution in [0.1, 0.15) is 11.5 Å². The Morgan fingerprint density at radius 2 is 2.21 bits per heavy atom. The molecule has 0 bridgehead atoms. The van der Waals surface area contributed by atoms with Crippen molar-refractivity contribution in [2.24, 2.45) is 5.73 Å². The Balaban J connectivity index is 2.39. The molecule has 0 spiro atoms. The van der Waals surface area contributed by atoms with Gasteiger partial charge in [-0.05, 0) is 6.92 Å². The van der Waals surface area contributed by atoms with Gasteiger partial charge in [0.2, 0.25) is 0 Å². The van der Waals surface area contributed by atoms with E-state index < -0.39 is 0 Å². The third kappa shape index (κ3) is 1.60. The highest BCUT2D eigenvalue weighted by atomic mass is 15.4. The smallest absolute Gasteiger partial charge is 0.164 e. The monoisotopic (exact) mass is 190 g/mol. The molecule has 0 aliphatic carbocycles. The summed E-state index contributed by atoms with van der Waals surface area (Å²) in [4.78, 5) is 12.1. The summed E-state index contributed by atoms with van der Waals surface area (Å²) in [5.74, 6) is 1.30. The van der Waals surface area contributed by atoms with Crippen LogP contribution in [0.25, 0.3) is 5.82 Å². The lowest BCUT2D eigenvalue weighted by Crippen LogP contribution is -2.02. The summed E-state index contributed by atoms with van der Waals surface area (Å²) >= 11 is 0. The van der Waals surface area contributed by atoms with Crippen LogP contribution in [0.4, 0.5) is 0 Å². The highest BCUT2D eigenvalue weighted by Crippen LogP contribution is 2.02. The van der Waals surface area contributed by atoms with Crippen LogP contribution in [0.15, 0.2) is 18.7 Å². The summed E-state index contributed by atoms with van der Waals surface area (Å²) in [6.45, 7) is 2.23. The molecule has 0 aliphatic rings. The summed E-state index contributed by atoms with van der Waals surface area (Å²) in [5.41, 5.74) is 6.29. The number of aryl methyl sites for hydroxylation is 1. The van der Waals surface area contributed by atoms with E-state index >= 15 is 0 Å². The van der Waals surface area contributed by atoms with E-state index in [2.05, 4.69) is 20.1 Å². The standard InChI is InChI=1S/C8H10N6/c1-6-2-8(11-4-10-6)14-5-12-7(3-9)13-14/h2,4-5H,3,9H2,1H3. The molecule has 0 saturated carbocycles. The largest absolute Gasteiger partial charge is 0.324 e. The molecule has 2 N–H and O–H groups in total. The van der Waals surface area contributed by atoms with E-state index in [1.807, 2.05) is 13.0 Å². The second-order valence-corrected chi connectivity index (χ2v) is 2.83. The summed E-state index contributed by atoms with van der Waals surface area (Å²) in [6, 6.07) is 1.83. The highest BCUT2D eigenvalue weighted by Gasteiger charge is 2.02. The number of rotatable bonds is 2. The van der Waals surface area contributed by atoms with Gasteiger partial charge in [-0.1, -0.05) is 0 Å². The van der Waals surface area contributed by atoms with Gasteiger partial charge in [-0.15, -0.1) is 5.10 Å². The fraction of sp³-hybridized carbons (Fsp3) is 0.250. The molecular formula is C8H10N6. The van der Waals surface area contributed by atoms with Gasteiger partial charge in [0.15, 0.2) is 11.6 Å². The SMILES string of the molecule is Cc1cc(-n2cnc(CN)n2)ncn1. The van der Waals surface area contributed by atoms with Crippen molar-refractivity contribution in [1.82, 2.24) is 24.7 Å². The minimum Gasteiger partial charge on any atom is -0.324 e. The molecule has 72 valence electrons. The van der Waals surface area contributed by atoms with Gasteiger partial charge < -0.3 is 5.73 Å². The molecule has 6 heteroatoms. The highest BCUT2D eigenvalue weighted by molar-refractivity contribution is 5.20. The van der Waals surface area contributed by atoms with Gasteiger partial charge in [-0.2, -0.15) is 0 Å². The quantitative estimate of drug-likeness (QED) is 0.710. The van der Waals surface area contributed by atoms with Gasteiger partial charge in [0.25, 0.3) is 0 Å². The lowest BCUT2D eigenvalue weighted by atomic mass is 10.4. The van der Waals surface area contributed by atoms with Crippen LogP contribution >= 0.6 is 0 Å². The lowest BCUT2D eigenvalue weighted by Gasteiger charge is -1.98. The van der Waals surface area contributed by atoms with Crippen LogP contribution in [0, 0.1) is 6.92 Å². The molecule has 6 nitrogen and oxygen atoms in total. The fourth-order valence-electron chi connectivity index (χ4n) is 1.07. The molecule has 14 heavy (non-hydrogen) atoms. The maximum absolute atomic E-state index is 5.40. The Bertz CT molecular complexity index is 435. The maximum Gasteiger partial charge on any atom is 0.164 e. The third-order valence-corrected chi connectivity index (χ3v) is 1.75. The predicted octanol–water partition coefficient (Wildman–Crippen LogP) is -0.176. The Labute approximate surface area is 80.8 Å². The first-order valence-electron chi connectivity index (χ1n) is 4.19. The summed E-state index contributed by atoms with van der Waals surface area (Å²) < 4.78 is 1.58. The molecule has 0 fully saturated rings. The molecule has 2 aromatic rings. The van der Waals surface area contributed by atoms with E-state index in [4.69, 9.17) is 5.73 Å². The Hall–Kier alpha value is -1.82. The van der Waals surface area contributed by atoms with Gasteiger partial charge >= 0.3 is 0 Å². The zero-order valence-corrected chi connectivity index (χ0v) is 7.75. The van der Waals surface area contributed by atoms with Gasteiger partial charge in [-0.25, -0.2) is 19.6 Å². The van der Waals surface area contributed by atoms with Crippen molar-refractivity contribution >= 4 is 0 Å². The van der Waals surface area contributed by atoms with Gasteiger partial charge in [0, 0.05) is 11.8 Å². The zero-order valence-electron chi connectivity index (χ0n) is 7.75. The molecule has 0 aromatic carbocycles. The van der Waals surface area contributed by atoms with Crippen molar-refractivity contribution in [2.45, 2.75) is 13.5 Å². The van der Waals surface area contributed by atoms with Crippen LogP contribution < -0.4 is 5.73 Å². The number of nitrogens with two attached hydrogens (primary N) is 1. The molecule has 0 atom stereocenters. The van der Waals surface area contributed by atoms with Crippen molar-refractivity contribution in [3.8, 4) is 5.82 Å². The van der Waals surface area contributed by atoms with Crippen LogP contribution in [-0.2, 0) is 6.54 Å². The first-order valence-corrected chi connectivity index (χ1v) is 4.19. The minimum atomic E-state index is 0.330.